The van der Waals surface area contributed by atoms with Crippen molar-refractivity contribution in [1.29, 1.82) is 0 Å². The Morgan fingerprint density at radius 2 is 1.85 bits per heavy atom. The van der Waals surface area contributed by atoms with Crippen LogP contribution in [0.25, 0.3) is 0 Å². The van der Waals surface area contributed by atoms with E-state index in [4.69, 9.17) is 29.6 Å². The van der Waals surface area contributed by atoms with E-state index in [2.05, 4.69) is 29.7 Å². The van der Waals surface area contributed by atoms with E-state index in [9.17, 15) is 0 Å². The number of thiocarbonyl (C=S) groups is 1. The van der Waals surface area contributed by atoms with Crippen LogP contribution in [0.1, 0.15) is 18.5 Å². The summed E-state index contributed by atoms with van der Waals surface area (Å²) in [6.45, 7) is 2.09. The van der Waals surface area contributed by atoms with Crippen LogP contribution in [0.2, 0.25) is 5.02 Å². The van der Waals surface area contributed by atoms with Gasteiger partial charge in [0, 0.05) is 11.1 Å². The summed E-state index contributed by atoms with van der Waals surface area (Å²) < 4.78 is 0. The van der Waals surface area contributed by atoms with E-state index < -0.39 is 0 Å². The Labute approximate surface area is 129 Å². The van der Waals surface area contributed by atoms with Crippen molar-refractivity contribution in [3.8, 4) is 0 Å². The number of benzene rings is 2. The van der Waals surface area contributed by atoms with E-state index >= 15 is 0 Å². The molecule has 0 fully saturated rings. The smallest absolute Gasteiger partial charge is 0.168 e. The molecule has 20 heavy (non-hydrogen) atoms. The molecule has 0 saturated carbocycles. The first-order valence-corrected chi connectivity index (χ1v) is 7.02. The van der Waals surface area contributed by atoms with Gasteiger partial charge in [-0.1, -0.05) is 41.9 Å². The Morgan fingerprint density at radius 1 is 1.15 bits per heavy atom. The van der Waals surface area contributed by atoms with Crippen LogP contribution in [0.5, 0.6) is 0 Å². The summed E-state index contributed by atoms with van der Waals surface area (Å²) in [6, 6.07) is 15.9. The standard InChI is InChI=1S/C15H16ClN3S/c1-10(11-5-3-2-4-6-11)18-13-8-7-12(16)9-14(13)19-15(17)20/h2-10,18H,1H3,(H3,17,19,20). The summed E-state index contributed by atoms with van der Waals surface area (Å²) in [4.78, 5) is 0. The number of hydrogen-bond donors (Lipinski definition) is 3. The van der Waals surface area contributed by atoms with Crippen molar-refractivity contribution in [3.63, 3.8) is 0 Å². The Balaban J connectivity index is 2.22. The van der Waals surface area contributed by atoms with Crippen LogP contribution in [-0.2, 0) is 0 Å². The maximum atomic E-state index is 6.00. The van der Waals surface area contributed by atoms with Crippen LogP contribution in [0.3, 0.4) is 0 Å². The largest absolute Gasteiger partial charge is 0.377 e. The van der Waals surface area contributed by atoms with Gasteiger partial charge in [-0.15, -0.1) is 0 Å². The monoisotopic (exact) mass is 305 g/mol. The fourth-order valence-electron chi connectivity index (χ4n) is 1.94. The predicted molar refractivity (Wildman–Crippen MR) is 90.3 cm³/mol. The molecule has 0 aromatic heterocycles. The Morgan fingerprint density at radius 3 is 2.50 bits per heavy atom. The van der Waals surface area contributed by atoms with Crippen LogP contribution in [0, 0.1) is 0 Å². The predicted octanol–water partition coefficient (Wildman–Crippen LogP) is 4.17. The highest BCUT2D eigenvalue weighted by Crippen LogP contribution is 2.29. The second-order valence-electron chi connectivity index (χ2n) is 4.46. The molecule has 0 heterocycles. The zero-order valence-electron chi connectivity index (χ0n) is 11.1. The highest BCUT2D eigenvalue weighted by Gasteiger charge is 2.09. The molecule has 0 aliphatic rings. The number of hydrogen-bond acceptors (Lipinski definition) is 2. The Bertz CT molecular complexity index is 601. The first kappa shape index (κ1) is 14.6. The van der Waals surface area contributed by atoms with Gasteiger partial charge in [0.2, 0.25) is 0 Å². The highest BCUT2D eigenvalue weighted by molar-refractivity contribution is 7.80. The molecule has 1 unspecified atom stereocenters. The summed E-state index contributed by atoms with van der Waals surface area (Å²) >= 11 is 10.9. The molecule has 4 N–H and O–H groups in total. The first-order valence-electron chi connectivity index (χ1n) is 6.24. The van der Waals surface area contributed by atoms with E-state index in [0.29, 0.717) is 5.02 Å². The van der Waals surface area contributed by atoms with Crippen molar-refractivity contribution >= 4 is 40.3 Å². The lowest BCUT2D eigenvalue weighted by Gasteiger charge is -2.19. The van der Waals surface area contributed by atoms with Gasteiger partial charge in [0.25, 0.3) is 0 Å². The summed E-state index contributed by atoms with van der Waals surface area (Å²) in [5.41, 5.74) is 8.41. The highest BCUT2D eigenvalue weighted by atomic mass is 35.5. The van der Waals surface area contributed by atoms with Crippen molar-refractivity contribution in [2.24, 2.45) is 5.73 Å². The number of nitrogens with one attached hydrogen (secondary N) is 2. The quantitative estimate of drug-likeness (QED) is 0.742. The molecular weight excluding hydrogens is 290 g/mol. The molecule has 0 radical (unpaired) electrons. The molecule has 1 atom stereocenters. The van der Waals surface area contributed by atoms with Gasteiger partial charge in [-0.05, 0) is 42.9 Å². The van der Waals surface area contributed by atoms with E-state index in [1.54, 1.807) is 6.07 Å². The molecule has 0 amide bonds. The van der Waals surface area contributed by atoms with Crippen molar-refractivity contribution in [2.75, 3.05) is 10.6 Å². The lowest BCUT2D eigenvalue weighted by Crippen LogP contribution is -2.20. The van der Waals surface area contributed by atoms with E-state index in [1.165, 1.54) is 5.56 Å². The summed E-state index contributed by atoms with van der Waals surface area (Å²) in [5.74, 6) is 0. The number of rotatable bonds is 4. The zero-order valence-corrected chi connectivity index (χ0v) is 12.6. The van der Waals surface area contributed by atoms with Crippen molar-refractivity contribution in [3.05, 3.63) is 59.1 Å². The van der Waals surface area contributed by atoms with E-state index in [0.717, 1.165) is 11.4 Å². The normalized spacial score (nSPS) is 11.7. The summed E-state index contributed by atoms with van der Waals surface area (Å²) in [5, 5.41) is 7.19. The Kier molecular flexibility index (Phi) is 4.82. The third-order valence-corrected chi connectivity index (χ3v) is 3.25. The molecule has 0 aliphatic heterocycles. The molecule has 104 valence electrons. The van der Waals surface area contributed by atoms with Gasteiger partial charge in [-0.2, -0.15) is 0 Å². The van der Waals surface area contributed by atoms with Gasteiger partial charge in [0.1, 0.15) is 0 Å². The maximum Gasteiger partial charge on any atom is 0.168 e. The van der Waals surface area contributed by atoms with E-state index in [-0.39, 0.29) is 11.2 Å². The average Bonchev–Trinajstić information content (AvgIpc) is 2.42. The third-order valence-electron chi connectivity index (χ3n) is 2.91. The van der Waals surface area contributed by atoms with Crippen molar-refractivity contribution in [1.82, 2.24) is 0 Å². The van der Waals surface area contributed by atoms with E-state index in [1.807, 2.05) is 30.3 Å². The SMILES string of the molecule is CC(Nc1ccc(Cl)cc1NC(N)=S)c1ccccc1. The summed E-state index contributed by atoms with van der Waals surface area (Å²) in [6.07, 6.45) is 0. The Hall–Kier alpha value is -1.78. The van der Waals surface area contributed by atoms with Crippen LogP contribution in [-0.4, -0.2) is 5.11 Å². The minimum atomic E-state index is 0.157. The molecule has 0 saturated heterocycles. The lowest BCUT2D eigenvalue weighted by atomic mass is 10.1. The van der Waals surface area contributed by atoms with Crippen LogP contribution in [0.15, 0.2) is 48.5 Å². The molecular formula is C15H16ClN3S. The molecule has 0 aliphatic carbocycles. The lowest BCUT2D eigenvalue weighted by molar-refractivity contribution is 0.885. The fraction of sp³-hybridized carbons (Fsp3) is 0.133. The average molecular weight is 306 g/mol. The van der Waals surface area contributed by atoms with Gasteiger partial charge >= 0.3 is 0 Å². The molecule has 2 rings (SSSR count). The first-order chi connectivity index (χ1) is 9.56. The second kappa shape index (κ2) is 6.59. The van der Waals surface area contributed by atoms with Gasteiger partial charge in [0.15, 0.2) is 5.11 Å². The minimum absolute atomic E-state index is 0.157. The number of halogens is 1. The number of nitrogens with two attached hydrogens (primary N) is 1. The molecule has 0 bridgehead atoms. The van der Waals surface area contributed by atoms with Crippen LogP contribution >= 0.6 is 23.8 Å². The van der Waals surface area contributed by atoms with Gasteiger partial charge in [-0.25, -0.2) is 0 Å². The zero-order chi connectivity index (χ0) is 14.5. The van der Waals surface area contributed by atoms with Crippen LogP contribution < -0.4 is 16.4 Å². The van der Waals surface area contributed by atoms with Crippen molar-refractivity contribution < 1.29 is 0 Å². The second-order valence-corrected chi connectivity index (χ2v) is 5.33. The van der Waals surface area contributed by atoms with Crippen LogP contribution in [0.4, 0.5) is 11.4 Å². The summed E-state index contributed by atoms with van der Waals surface area (Å²) in [7, 11) is 0. The molecule has 3 nitrogen and oxygen atoms in total. The molecule has 0 spiro atoms. The molecule has 2 aromatic carbocycles. The van der Waals surface area contributed by atoms with Gasteiger partial charge in [0.05, 0.1) is 11.4 Å². The third kappa shape index (κ3) is 3.85. The van der Waals surface area contributed by atoms with Gasteiger partial charge in [-0.3, -0.25) is 0 Å². The maximum absolute atomic E-state index is 6.00. The topological polar surface area (TPSA) is 50.1 Å². The van der Waals surface area contributed by atoms with Crippen molar-refractivity contribution in [2.45, 2.75) is 13.0 Å². The molecule has 2 aromatic rings. The number of anilines is 2. The fourth-order valence-corrected chi connectivity index (χ4v) is 2.22. The minimum Gasteiger partial charge on any atom is -0.377 e. The van der Waals surface area contributed by atoms with Gasteiger partial charge < -0.3 is 16.4 Å². The molecule has 5 heteroatoms.